The van der Waals surface area contributed by atoms with Crippen LogP contribution in [0.4, 0.5) is 10.5 Å². The monoisotopic (exact) mass is 508 g/mol. The maximum Gasteiger partial charge on any atom is 0.327 e. The normalized spacial score (nSPS) is 20.5. The molecule has 2 aromatic rings. The zero-order chi connectivity index (χ0) is 25.9. The summed E-state index contributed by atoms with van der Waals surface area (Å²) in [6.07, 6.45) is 3.17. The van der Waals surface area contributed by atoms with Crippen LogP contribution in [-0.4, -0.2) is 51.9 Å². The van der Waals surface area contributed by atoms with E-state index in [1.807, 2.05) is 6.07 Å². The highest BCUT2D eigenvalue weighted by molar-refractivity contribution is 5.99. The maximum absolute atomic E-state index is 13.5. The van der Waals surface area contributed by atoms with E-state index in [0.29, 0.717) is 29.9 Å². The third-order valence-corrected chi connectivity index (χ3v) is 7.15. The number of carbonyl (C=O) groups is 3. The first kappa shape index (κ1) is 24.5. The zero-order valence-corrected chi connectivity index (χ0v) is 20.3. The van der Waals surface area contributed by atoms with Crippen molar-refractivity contribution in [3.05, 3.63) is 63.7 Å². The molecule has 2 atom stereocenters. The molecule has 2 heterocycles. The highest BCUT2D eigenvalue weighted by Crippen LogP contribution is 2.36. The molecule has 11 nitrogen and oxygen atoms in total. The van der Waals surface area contributed by atoms with Crippen molar-refractivity contribution in [3.8, 4) is 11.5 Å². The van der Waals surface area contributed by atoms with E-state index in [-0.39, 0.29) is 62.3 Å². The minimum atomic E-state index is -0.469. The van der Waals surface area contributed by atoms with Crippen molar-refractivity contribution in [1.82, 2.24) is 15.1 Å². The number of nitro groups is 1. The molecule has 5 rings (SSSR count). The Morgan fingerprint density at radius 1 is 1.05 bits per heavy atom. The number of nitrogens with zero attached hydrogens (tertiary/aromatic N) is 3. The SMILES string of the molecule is O=C(CCN1C(=O)C2CCCCC2N(Cc2cccc([N+](=O)[O-])c2)C1=O)NCc1ccc2c(c1)OCO2. The fourth-order valence-corrected chi connectivity index (χ4v) is 5.27. The van der Waals surface area contributed by atoms with Gasteiger partial charge in [-0.2, -0.15) is 0 Å². The summed E-state index contributed by atoms with van der Waals surface area (Å²) < 4.78 is 10.6. The van der Waals surface area contributed by atoms with Crippen LogP contribution < -0.4 is 14.8 Å². The van der Waals surface area contributed by atoms with Crippen LogP contribution in [0.2, 0.25) is 0 Å². The molecule has 37 heavy (non-hydrogen) atoms. The summed E-state index contributed by atoms with van der Waals surface area (Å²) >= 11 is 0. The first-order chi connectivity index (χ1) is 17.9. The van der Waals surface area contributed by atoms with Crippen LogP contribution in [0.15, 0.2) is 42.5 Å². The number of imide groups is 1. The smallest absolute Gasteiger partial charge is 0.327 e. The van der Waals surface area contributed by atoms with Crippen LogP contribution in [0.3, 0.4) is 0 Å². The maximum atomic E-state index is 13.5. The molecule has 1 N–H and O–H groups in total. The minimum Gasteiger partial charge on any atom is -0.454 e. The molecule has 0 spiro atoms. The molecule has 2 aliphatic heterocycles. The van der Waals surface area contributed by atoms with Gasteiger partial charge in [0.05, 0.1) is 10.8 Å². The van der Waals surface area contributed by atoms with E-state index in [1.165, 1.54) is 17.0 Å². The van der Waals surface area contributed by atoms with E-state index in [1.54, 1.807) is 29.2 Å². The number of non-ortho nitro benzene ring substituents is 1. The summed E-state index contributed by atoms with van der Waals surface area (Å²) in [5, 5.41) is 14.0. The van der Waals surface area contributed by atoms with Gasteiger partial charge in [-0.15, -0.1) is 0 Å². The third-order valence-electron chi connectivity index (χ3n) is 7.15. The van der Waals surface area contributed by atoms with Gasteiger partial charge < -0.3 is 19.7 Å². The fraction of sp³-hybridized carbons (Fsp3) is 0.423. The second-order valence-electron chi connectivity index (χ2n) is 9.50. The Balaban J connectivity index is 1.24. The number of amides is 4. The molecular weight excluding hydrogens is 480 g/mol. The molecule has 1 saturated carbocycles. The summed E-state index contributed by atoms with van der Waals surface area (Å²) in [5.74, 6) is 0.430. The van der Waals surface area contributed by atoms with Crippen molar-refractivity contribution in [2.24, 2.45) is 5.92 Å². The van der Waals surface area contributed by atoms with Crippen molar-refractivity contribution >= 4 is 23.5 Å². The van der Waals surface area contributed by atoms with Crippen molar-refractivity contribution in [2.45, 2.75) is 51.2 Å². The van der Waals surface area contributed by atoms with Gasteiger partial charge in [-0.25, -0.2) is 4.79 Å². The first-order valence-electron chi connectivity index (χ1n) is 12.4. The average Bonchev–Trinajstić information content (AvgIpc) is 3.38. The Hall–Kier alpha value is -4.15. The molecule has 0 radical (unpaired) electrons. The Morgan fingerprint density at radius 2 is 1.86 bits per heavy atom. The number of rotatable bonds is 8. The Bertz CT molecular complexity index is 1230. The van der Waals surface area contributed by atoms with Gasteiger partial charge in [-0.3, -0.25) is 24.6 Å². The first-order valence-corrected chi connectivity index (χ1v) is 12.4. The number of benzene rings is 2. The van der Waals surface area contributed by atoms with Crippen LogP contribution in [0.5, 0.6) is 11.5 Å². The van der Waals surface area contributed by atoms with E-state index in [9.17, 15) is 24.5 Å². The Kier molecular flexibility index (Phi) is 6.93. The molecule has 194 valence electrons. The second-order valence-corrected chi connectivity index (χ2v) is 9.50. The summed E-state index contributed by atoms with van der Waals surface area (Å²) in [7, 11) is 0. The van der Waals surface area contributed by atoms with Gasteiger partial charge in [0.15, 0.2) is 11.5 Å². The molecular formula is C26H28N4O7. The molecule has 1 aliphatic carbocycles. The summed E-state index contributed by atoms with van der Waals surface area (Å²) in [6, 6.07) is 10.9. The van der Waals surface area contributed by atoms with E-state index in [2.05, 4.69) is 5.32 Å². The van der Waals surface area contributed by atoms with Gasteiger partial charge in [0.1, 0.15) is 0 Å². The van der Waals surface area contributed by atoms with Crippen molar-refractivity contribution in [1.29, 1.82) is 0 Å². The summed E-state index contributed by atoms with van der Waals surface area (Å²) in [4.78, 5) is 52.8. The van der Waals surface area contributed by atoms with Crippen LogP contribution in [0, 0.1) is 16.0 Å². The van der Waals surface area contributed by atoms with Crippen molar-refractivity contribution < 1.29 is 28.8 Å². The summed E-state index contributed by atoms with van der Waals surface area (Å²) in [5.41, 5.74) is 1.42. The van der Waals surface area contributed by atoms with E-state index >= 15 is 0 Å². The topological polar surface area (TPSA) is 131 Å². The molecule has 0 aromatic heterocycles. The lowest BCUT2D eigenvalue weighted by Gasteiger charge is -2.46. The molecule has 2 fully saturated rings. The molecule has 11 heteroatoms. The van der Waals surface area contributed by atoms with E-state index in [0.717, 1.165) is 18.4 Å². The number of urea groups is 1. The van der Waals surface area contributed by atoms with Crippen LogP contribution in [-0.2, 0) is 22.7 Å². The third kappa shape index (κ3) is 5.20. The van der Waals surface area contributed by atoms with Gasteiger partial charge in [-0.05, 0) is 36.1 Å². The molecule has 0 bridgehead atoms. The molecule has 4 amide bonds. The van der Waals surface area contributed by atoms with Gasteiger partial charge in [0, 0.05) is 44.2 Å². The number of hydrogen-bond acceptors (Lipinski definition) is 7. The number of ether oxygens (including phenoxy) is 2. The highest BCUT2D eigenvalue weighted by atomic mass is 16.7. The van der Waals surface area contributed by atoms with Gasteiger partial charge in [0.25, 0.3) is 5.69 Å². The minimum absolute atomic E-state index is 0.0237. The van der Waals surface area contributed by atoms with E-state index < -0.39 is 11.0 Å². The van der Waals surface area contributed by atoms with Crippen LogP contribution in [0.1, 0.15) is 43.2 Å². The number of nitro benzene ring substituents is 1. The van der Waals surface area contributed by atoms with Crippen LogP contribution >= 0.6 is 0 Å². The summed E-state index contributed by atoms with van der Waals surface area (Å²) in [6.45, 7) is 0.588. The Morgan fingerprint density at radius 3 is 2.70 bits per heavy atom. The number of hydrogen-bond donors (Lipinski definition) is 1. The largest absolute Gasteiger partial charge is 0.454 e. The molecule has 2 aromatic carbocycles. The van der Waals surface area contributed by atoms with Gasteiger partial charge >= 0.3 is 6.03 Å². The standard InChI is InChI=1S/C26H28N4O7/c31-24(27-14-17-8-9-22-23(13-17)37-16-36-22)10-11-28-25(32)20-6-1-2-7-21(20)29(26(28)33)15-18-4-3-5-19(12-18)30(34)35/h3-5,8-9,12-13,20-21H,1-2,6-7,10-11,14-16H2,(H,27,31). The van der Waals surface area contributed by atoms with Gasteiger partial charge in [0.2, 0.25) is 18.6 Å². The average molecular weight is 509 g/mol. The highest BCUT2D eigenvalue weighted by Gasteiger charge is 2.46. The number of nitrogens with one attached hydrogen (secondary N) is 1. The van der Waals surface area contributed by atoms with Gasteiger partial charge in [-0.1, -0.05) is 31.0 Å². The number of carbonyl (C=O) groups excluding carboxylic acids is 3. The lowest BCUT2D eigenvalue weighted by molar-refractivity contribution is -0.384. The predicted octanol–water partition coefficient (Wildman–Crippen LogP) is 3.35. The molecule has 3 aliphatic rings. The zero-order valence-electron chi connectivity index (χ0n) is 20.3. The molecule has 1 saturated heterocycles. The van der Waals surface area contributed by atoms with Crippen LogP contribution in [0.25, 0.3) is 0 Å². The van der Waals surface area contributed by atoms with Crippen molar-refractivity contribution in [3.63, 3.8) is 0 Å². The molecule has 2 unspecified atom stereocenters. The Labute approximate surface area is 213 Å². The quantitative estimate of drug-likeness (QED) is 0.427. The van der Waals surface area contributed by atoms with Crippen molar-refractivity contribution in [2.75, 3.05) is 13.3 Å². The predicted molar refractivity (Wildman–Crippen MR) is 131 cm³/mol. The lowest BCUT2D eigenvalue weighted by Crippen LogP contribution is -2.62. The number of fused-ring (bicyclic) bond motifs is 2. The fourth-order valence-electron chi connectivity index (χ4n) is 5.27. The second kappa shape index (κ2) is 10.5. The van der Waals surface area contributed by atoms with E-state index in [4.69, 9.17) is 9.47 Å². The lowest BCUT2D eigenvalue weighted by atomic mass is 9.81.